The number of nitrogens with one attached hydrogen (secondary N) is 1. The normalized spacial score (nSPS) is 14.2. The molecule has 11 nitrogen and oxygen atoms in total. The van der Waals surface area contributed by atoms with Crippen molar-refractivity contribution in [2.45, 2.75) is 46.2 Å². The summed E-state index contributed by atoms with van der Waals surface area (Å²) >= 11 is 0. The zero-order valence-corrected chi connectivity index (χ0v) is 17.8. The largest absolute Gasteiger partial charge is 0.492 e. The highest BCUT2D eigenvalue weighted by Crippen LogP contribution is 2.28. The van der Waals surface area contributed by atoms with Crippen LogP contribution in [-0.4, -0.2) is 46.9 Å². The number of rotatable bonds is 5. The minimum Gasteiger partial charge on any atom is -0.492 e. The summed E-state index contributed by atoms with van der Waals surface area (Å²) in [7, 11) is 1.64. The van der Waals surface area contributed by atoms with E-state index < -0.39 is 23.3 Å². The van der Waals surface area contributed by atoms with E-state index in [0.717, 1.165) is 17.4 Å². The molecule has 0 bridgehead atoms. The van der Waals surface area contributed by atoms with E-state index in [9.17, 15) is 19.5 Å². The van der Waals surface area contributed by atoms with Gasteiger partial charge in [-0.1, -0.05) is 20.8 Å². The predicted molar refractivity (Wildman–Crippen MR) is 112 cm³/mol. The van der Waals surface area contributed by atoms with Crippen LogP contribution in [0.5, 0.6) is 5.88 Å². The number of carbonyl (C=O) groups is 2. The van der Waals surface area contributed by atoms with Crippen molar-refractivity contribution in [2.75, 3.05) is 0 Å². The summed E-state index contributed by atoms with van der Waals surface area (Å²) in [5.74, 6) is -1.92. The Labute approximate surface area is 177 Å². The molecule has 4 N–H and O–H groups in total. The molecule has 3 aromatic rings. The SMILES string of the molecule is Cn1cc(-c2cc3n(CC(C)(C)C)c(=O)c(C(=O)NC4CC4)c(O)n3n2)c(C(N)=O)n1. The van der Waals surface area contributed by atoms with E-state index in [4.69, 9.17) is 5.73 Å². The number of nitrogens with zero attached hydrogens (tertiary/aromatic N) is 5. The van der Waals surface area contributed by atoms with Crippen LogP contribution in [0.3, 0.4) is 0 Å². The number of hydrogen-bond donors (Lipinski definition) is 3. The average molecular weight is 427 g/mol. The van der Waals surface area contributed by atoms with Crippen molar-refractivity contribution >= 4 is 17.5 Å². The van der Waals surface area contributed by atoms with Crippen molar-refractivity contribution in [3.63, 3.8) is 0 Å². The number of aromatic hydroxyl groups is 1. The average Bonchev–Trinajstić information content (AvgIpc) is 3.20. The fraction of sp³-hybridized carbons (Fsp3) is 0.450. The Morgan fingerprint density at radius 2 is 1.97 bits per heavy atom. The molecule has 2 amide bonds. The van der Waals surface area contributed by atoms with Gasteiger partial charge < -0.3 is 16.2 Å². The van der Waals surface area contributed by atoms with Crippen molar-refractivity contribution in [2.24, 2.45) is 18.2 Å². The molecule has 0 radical (unpaired) electrons. The van der Waals surface area contributed by atoms with Crippen LogP contribution in [0.15, 0.2) is 17.1 Å². The molecule has 11 heteroatoms. The Morgan fingerprint density at radius 1 is 1.29 bits per heavy atom. The Kier molecular flexibility index (Phi) is 4.64. The molecule has 0 spiro atoms. The van der Waals surface area contributed by atoms with Crippen LogP contribution in [0.4, 0.5) is 0 Å². The molecule has 0 saturated heterocycles. The number of primary amides is 1. The topological polar surface area (TPSA) is 150 Å². The van der Waals surface area contributed by atoms with E-state index in [2.05, 4.69) is 15.5 Å². The van der Waals surface area contributed by atoms with Crippen LogP contribution < -0.4 is 16.6 Å². The molecule has 4 rings (SSSR count). The molecule has 3 aromatic heterocycles. The molecule has 3 heterocycles. The van der Waals surface area contributed by atoms with Gasteiger partial charge in [-0.05, 0) is 18.3 Å². The van der Waals surface area contributed by atoms with Gasteiger partial charge in [0, 0.05) is 31.9 Å². The van der Waals surface area contributed by atoms with Crippen molar-refractivity contribution in [3.8, 4) is 17.1 Å². The maximum atomic E-state index is 13.3. The lowest BCUT2D eigenvalue weighted by molar-refractivity contribution is 0.0943. The van der Waals surface area contributed by atoms with E-state index in [1.54, 1.807) is 19.3 Å². The summed E-state index contributed by atoms with van der Waals surface area (Å²) in [6.07, 6.45) is 3.26. The summed E-state index contributed by atoms with van der Waals surface area (Å²) in [5.41, 5.74) is 5.12. The number of aryl methyl sites for hydroxylation is 1. The van der Waals surface area contributed by atoms with Gasteiger partial charge in [0.1, 0.15) is 5.65 Å². The Hall–Kier alpha value is -3.63. The van der Waals surface area contributed by atoms with Crippen molar-refractivity contribution in [3.05, 3.63) is 33.9 Å². The molecule has 31 heavy (non-hydrogen) atoms. The lowest BCUT2D eigenvalue weighted by atomic mass is 9.97. The summed E-state index contributed by atoms with van der Waals surface area (Å²) in [6.45, 7) is 6.14. The van der Waals surface area contributed by atoms with Crippen LogP contribution in [0.25, 0.3) is 16.9 Å². The predicted octanol–water partition coefficient (Wildman–Crippen LogP) is 0.639. The minimum atomic E-state index is -0.728. The molecule has 1 aliphatic carbocycles. The molecule has 1 saturated carbocycles. The minimum absolute atomic E-state index is 0.0137. The molecule has 0 atom stereocenters. The van der Waals surface area contributed by atoms with E-state index in [1.165, 1.54) is 9.25 Å². The standard InChI is InChI=1S/C20H25N7O4/c1-20(2,3)9-26-13-7-12(11-8-25(4)24-15(11)16(21)28)23-27(13)19(31)14(18(26)30)17(29)22-10-5-6-10/h7-8,10,31H,5-6,9H2,1-4H3,(H2,21,28)(H,22,29). The fourth-order valence-electron chi connectivity index (χ4n) is 3.46. The quantitative estimate of drug-likeness (QED) is 0.544. The summed E-state index contributed by atoms with van der Waals surface area (Å²) in [5, 5.41) is 22.0. The van der Waals surface area contributed by atoms with Crippen molar-refractivity contribution < 1.29 is 14.7 Å². The number of nitrogens with two attached hydrogens (primary N) is 1. The van der Waals surface area contributed by atoms with Gasteiger partial charge in [-0.15, -0.1) is 0 Å². The first-order valence-electron chi connectivity index (χ1n) is 9.96. The first-order chi connectivity index (χ1) is 14.5. The first kappa shape index (κ1) is 20.6. The van der Waals surface area contributed by atoms with Crippen molar-refractivity contribution in [1.82, 2.24) is 29.3 Å². The molecule has 1 fully saturated rings. The van der Waals surface area contributed by atoms with Gasteiger partial charge >= 0.3 is 0 Å². The zero-order valence-electron chi connectivity index (χ0n) is 17.8. The molecular weight excluding hydrogens is 402 g/mol. The maximum Gasteiger partial charge on any atom is 0.270 e. The highest BCUT2D eigenvalue weighted by atomic mass is 16.3. The Balaban J connectivity index is 1.97. The third kappa shape index (κ3) is 3.78. The third-order valence-electron chi connectivity index (χ3n) is 4.96. The molecule has 0 aliphatic heterocycles. The molecule has 164 valence electrons. The number of fused-ring (bicyclic) bond motifs is 1. The van der Waals surface area contributed by atoms with Gasteiger partial charge in [0.05, 0.1) is 11.3 Å². The summed E-state index contributed by atoms with van der Waals surface area (Å²) < 4.78 is 3.98. The smallest absolute Gasteiger partial charge is 0.270 e. The van der Waals surface area contributed by atoms with Gasteiger partial charge in [0.15, 0.2) is 11.3 Å². The van der Waals surface area contributed by atoms with E-state index in [1.807, 2.05) is 20.8 Å². The lowest BCUT2D eigenvalue weighted by Gasteiger charge is -2.21. The molecule has 0 aromatic carbocycles. The van der Waals surface area contributed by atoms with E-state index in [-0.39, 0.29) is 34.9 Å². The van der Waals surface area contributed by atoms with Gasteiger partial charge in [0.2, 0.25) is 5.88 Å². The Bertz CT molecular complexity index is 1270. The van der Waals surface area contributed by atoms with Gasteiger partial charge in [-0.3, -0.25) is 23.6 Å². The highest BCUT2D eigenvalue weighted by molar-refractivity contribution is 5.98. The molecular formula is C20H25N7O4. The maximum absolute atomic E-state index is 13.3. The summed E-state index contributed by atoms with van der Waals surface area (Å²) in [6, 6.07) is 1.58. The van der Waals surface area contributed by atoms with Crippen LogP contribution in [0.2, 0.25) is 0 Å². The third-order valence-corrected chi connectivity index (χ3v) is 4.96. The van der Waals surface area contributed by atoms with Gasteiger partial charge in [-0.2, -0.15) is 14.7 Å². The molecule has 0 unspecified atom stereocenters. The number of aromatic nitrogens is 5. The van der Waals surface area contributed by atoms with E-state index in [0.29, 0.717) is 11.3 Å². The van der Waals surface area contributed by atoms with E-state index >= 15 is 0 Å². The number of amides is 2. The number of hydrogen-bond acceptors (Lipinski definition) is 6. The van der Waals surface area contributed by atoms with Gasteiger partial charge in [-0.25, -0.2) is 0 Å². The second kappa shape index (κ2) is 6.96. The second-order valence-corrected chi connectivity index (χ2v) is 9.13. The second-order valence-electron chi connectivity index (χ2n) is 9.13. The summed E-state index contributed by atoms with van der Waals surface area (Å²) in [4.78, 5) is 37.8. The number of carbonyl (C=O) groups excluding carboxylic acids is 2. The van der Waals surface area contributed by atoms with Crippen LogP contribution in [-0.2, 0) is 13.6 Å². The van der Waals surface area contributed by atoms with Crippen molar-refractivity contribution in [1.29, 1.82) is 0 Å². The fourth-order valence-corrected chi connectivity index (χ4v) is 3.46. The molecule has 1 aliphatic rings. The first-order valence-corrected chi connectivity index (χ1v) is 9.96. The monoisotopic (exact) mass is 427 g/mol. The van der Waals surface area contributed by atoms with Crippen LogP contribution in [0, 0.1) is 5.41 Å². The van der Waals surface area contributed by atoms with Crippen LogP contribution in [0.1, 0.15) is 54.5 Å². The zero-order chi connectivity index (χ0) is 22.7. The lowest BCUT2D eigenvalue weighted by Crippen LogP contribution is -2.37. The van der Waals surface area contributed by atoms with Crippen LogP contribution >= 0.6 is 0 Å². The highest BCUT2D eigenvalue weighted by Gasteiger charge is 2.30. The Morgan fingerprint density at radius 3 is 2.55 bits per heavy atom. The van der Waals surface area contributed by atoms with Gasteiger partial charge in [0.25, 0.3) is 17.4 Å².